The molecule has 0 aliphatic heterocycles. The minimum absolute atomic E-state index is 0.0151. The number of hydrogen-bond donors (Lipinski definition) is 0. The molecule has 1 heterocycles. The van der Waals surface area contributed by atoms with Crippen LogP contribution in [0.3, 0.4) is 0 Å². The Bertz CT molecular complexity index is 970. The third kappa shape index (κ3) is 5.78. The van der Waals surface area contributed by atoms with Crippen molar-refractivity contribution in [2.45, 2.75) is 25.2 Å². The summed E-state index contributed by atoms with van der Waals surface area (Å²) in [6, 6.07) is 7.00. The molecular weight excluding hydrogens is 394 g/mol. The van der Waals surface area contributed by atoms with Gasteiger partial charge >= 0.3 is 22.2 Å². The van der Waals surface area contributed by atoms with Crippen molar-refractivity contribution < 1.29 is 35.3 Å². The zero-order chi connectivity index (χ0) is 20.7. The summed E-state index contributed by atoms with van der Waals surface area (Å²) in [5, 5.41) is 0. The van der Waals surface area contributed by atoms with Crippen LogP contribution in [0.5, 0.6) is 0 Å². The Morgan fingerprint density at radius 3 is 2.39 bits per heavy atom. The van der Waals surface area contributed by atoms with Gasteiger partial charge in [-0.25, -0.2) is 4.79 Å². The minimum Gasteiger partial charge on any atom is -0.472 e. The highest BCUT2D eigenvalue weighted by Gasteiger charge is 2.24. The zero-order valence-corrected chi connectivity index (χ0v) is 16.0. The number of carbonyl (C=O) groups excluding carboxylic acids is 1. The lowest BCUT2D eigenvalue weighted by atomic mass is 10.1. The van der Waals surface area contributed by atoms with E-state index in [2.05, 4.69) is 4.18 Å². The Kier molecular flexibility index (Phi) is 7.11. The van der Waals surface area contributed by atoms with E-state index in [1.807, 2.05) is 0 Å². The molecule has 0 fully saturated rings. The van der Waals surface area contributed by atoms with Crippen molar-refractivity contribution >= 4 is 22.2 Å². The lowest BCUT2D eigenvalue weighted by molar-refractivity contribution is -0.138. The van der Waals surface area contributed by atoms with E-state index in [1.165, 1.54) is 48.9 Å². The predicted molar refractivity (Wildman–Crippen MR) is 96.6 cm³/mol. The molecule has 0 amide bonds. The summed E-state index contributed by atoms with van der Waals surface area (Å²) in [7, 11) is -4.50. The van der Waals surface area contributed by atoms with E-state index in [0.29, 0.717) is 5.56 Å². The molecule has 0 spiro atoms. The van der Waals surface area contributed by atoms with Gasteiger partial charge in [-0.05, 0) is 38.1 Å². The van der Waals surface area contributed by atoms with Crippen molar-refractivity contribution in [3.63, 3.8) is 0 Å². The van der Waals surface area contributed by atoms with Crippen LogP contribution < -0.4 is 0 Å². The number of benzene rings is 1. The first-order chi connectivity index (χ1) is 13.2. The maximum Gasteiger partial charge on any atom is 0.339 e. The van der Waals surface area contributed by atoms with E-state index in [4.69, 9.17) is 9.15 Å². The Hall–Kier alpha value is -2.94. The predicted octanol–water partition coefficient (Wildman–Crippen LogP) is 4.44. The van der Waals surface area contributed by atoms with Gasteiger partial charge in [0.05, 0.1) is 19.1 Å². The van der Waals surface area contributed by atoms with Gasteiger partial charge in [-0.1, -0.05) is 17.7 Å². The molecule has 0 aliphatic rings. The normalized spacial score (nSPS) is 11.8. The van der Waals surface area contributed by atoms with Crippen LogP contribution in [-0.2, 0) is 23.8 Å². The highest BCUT2D eigenvalue weighted by Crippen LogP contribution is 2.26. The van der Waals surface area contributed by atoms with Crippen molar-refractivity contribution in [3.8, 4) is 0 Å². The smallest absolute Gasteiger partial charge is 0.339 e. The van der Waals surface area contributed by atoms with Crippen LogP contribution in [0.15, 0.2) is 69.6 Å². The Morgan fingerprint density at radius 1 is 1.18 bits per heavy atom. The number of halogens is 2. The van der Waals surface area contributed by atoms with Crippen LogP contribution in [0.4, 0.5) is 8.78 Å². The van der Waals surface area contributed by atoms with Gasteiger partial charge in [0, 0.05) is 17.6 Å². The molecule has 0 bridgehead atoms. The van der Waals surface area contributed by atoms with Crippen molar-refractivity contribution in [3.05, 3.63) is 71.4 Å². The molecule has 150 valence electrons. The second-order valence-corrected chi connectivity index (χ2v) is 7.20. The third-order valence-electron chi connectivity index (χ3n) is 3.50. The van der Waals surface area contributed by atoms with E-state index in [1.54, 1.807) is 13.8 Å². The fourth-order valence-corrected chi connectivity index (χ4v) is 3.10. The average Bonchev–Trinajstić information content (AvgIpc) is 3.14. The number of ether oxygens (including phenoxy) is 1. The van der Waals surface area contributed by atoms with Gasteiger partial charge in [-0.15, -0.1) is 0 Å². The maximum atomic E-state index is 13.4. The summed E-state index contributed by atoms with van der Waals surface area (Å²) >= 11 is 0. The van der Waals surface area contributed by atoms with Crippen molar-refractivity contribution in [2.75, 3.05) is 6.61 Å². The number of furan rings is 1. The van der Waals surface area contributed by atoms with Crippen molar-refractivity contribution in [2.24, 2.45) is 0 Å². The van der Waals surface area contributed by atoms with E-state index in [-0.39, 0.29) is 17.1 Å². The molecule has 9 heteroatoms. The van der Waals surface area contributed by atoms with Gasteiger partial charge in [0.15, 0.2) is 5.76 Å². The molecule has 0 saturated carbocycles. The van der Waals surface area contributed by atoms with Crippen LogP contribution in [0.2, 0.25) is 0 Å². The topological polar surface area (TPSA) is 82.8 Å². The standard InChI is InChI=1S/C19H18F2O6S/c1-3-26-19(22)15(10-14-8-9-25-12-14)11-17(18(20)21)27-28(23,24)16-6-4-13(2)5-7-16/h4-10,12H,3,11H2,1-2H3/b15-10-. The van der Waals surface area contributed by atoms with E-state index in [0.717, 1.165) is 5.56 Å². The summed E-state index contributed by atoms with van der Waals surface area (Å²) < 4.78 is 65.8. The highest BCUT2D eigenvalue weighted by atomic mass is 32.2. The van der Waals surface area contributed by atoms with Crippen LogP contribution >= 0.6 is 0 Å². The molecule has 1 aromatic carbocycles. The summed E-state index contributed by atoms with van der Waals surface area (Å²) in [6.45, 7) is 3.32. The van der Waals surface area contributed by atoms with Crippen LogP contribution in [0.25, 0.3) is 6.08 Å². The monoisotopic (exact) mass is 412 g/mol. The average molecular weight is 412 g/mol. The van der Waals surface area contributed by atoms with Crippen LogP contribution in [0, 0.1) is 6.92 Å². The van der Waals surface area contributed by atoms with Gasteiger partial charge < -0.3 is 13.3 Å². The number of rotatable bonds is 8. The molecule has 0 saturated heterocycles. The lowest BCUT2D eigenvalue weighted by Crippen LogP contribution is -2.12. The quantitative estimate of drug-likeness (QED) is 0.276. The summed E-state index contributed by atoms with van der Waals surface area (Å²) in [5.41, 5.74) is 0.993. The minimum atomic E-state index is -4.50. The number of allylic oxidation sites excluding steroid dienone is 1. The van der Waals surface area contributed by atoms with Crippen LogP contribution in [0.1, 0.15) is 24.5 Å². The number of carbonyl (C=O) groups is 1. The summed E-state index contributed by atoms with van der Waals surface area (Å²) in [6.07, 6.45) is 0.736. The lowest BCUT2D eigenvalue weighted by Gasteiger charge is -2.12. The molecule has 0 aliphatic carbocycles. The molecule has 2 rings (SSSR count). The summed E-state index contributed by atoms with van der Waals surface area (Å²) in [4.78, 5) is 11.8. The molecule has 2 aromatic rings. The number of aryl methyl sites for hydroxylation is 1. The number of esters is 1. The molecule has 6 nitrogen and oxygen atoms in total. The van der Waals surface area contributed by atoms with Gasteiger partial charge in [-0.3, -0.25) is 0 Å². The third-order valence-corrected chi connectivity index (χ3v) is 4.77. The number of hydrogen-bond acceptors (Lipinski definition) is 6. The first kappa shape index (κ1) is 21.4. The van der Waals surface area contributed by atoms with E-state index < -0.39 is 34.3 Å². The van der Waals surface area contributed by atoms with Crippen molar-refractivity contribution in [1.82, 2.24) is 0 Å². The second-order valence-electron chi connectivity index (χ2n) is 5.66. The Labute approximate surface area is 161 Å². The Morgan fingerprint density at radius 2 is 1.86 bits per heavy atom. The van der Waals surface area contributed by atoms with Crippen molar-refractivity contribution in [1.29, 1.82) is 0 Å². The molecule has 1 aromatic heterocycles. The van der Waals surface area contributed by atoms with E-state index in [9.17, 15) is 22.0 Å². The molecule has 0 N–H and O–H groups in total. The van der Waals surface area contributed by atoms with E-state index >= 15 is 0 Å². The first-order valence-corrected chi connectivity index (χ1v) is 9.59. The van der Waals surface area contributed by atoms with Gasteiger partial charge in [0.1, 0.15) is 4.90 Å². The van der Waals surface area contributed by atoms with Gasteiger partial charge in [-0.2, -0.15) is 17.2 Å². The maximum absolute atomic E-state index is 13.4. The fraction of sp³-hybridized carbons (Fsp3) is 0.211. The summed E-state index contributed by atoms with van der Waals surface area (Å²) in [5.74, 6) is -2.04. The Balaban J connectivity index is 2.33. The highest BCUT2D eigenvalue weighted by molar-refractivity contribution is 7.86. The molecular formula is C19H18F2O6S. The first-order valence-electron chi connectivity index (χ1n) is 8.18. The van der Waals surface area contributed by atoms with Gasteiger partial charge in [0.2, 0.25) is 0 Å². The second kappa shape index (κ2) is 9.32. The zero-order valence-electron chi connectivity index (χ0n) is 15.1. The largest absolute Gasteiger partial charge is 0.472 e. The van der Waals surface area contributed by atoms with Gasteiger partial charge in [0.25, 0.3) is 0 Å². The van der Waals surface area contributed by atoms with Crippen LogP contribution in [-0.4, -0.2) is 21.0 Å². The molecule has 28 heavy (non-hydrogen) atoms. The SMILES string of the molecule is CCOC(=O)/C(=C\c1ccoc1)CC(OS(=O)(=O)c1ccc(C)cc1)=C(F)F. The fourth-order valence-electron chi connectivity index (χ4n) is 2.15. The molecule has 0 unspecified atom stereocenters. The molecule has 0 atom stereocenters. The molecule has 0 radical (unpaired) electrons.